The van der Waals surface area contributed by atoms with Crippen LogP contribution in [0.1, 0.15) is 46.7 Å². The normalized spacial score (nSPS) is 17.4. The summed E-state index contributed by atoms with van der Waals surface area (Å²) in [5.74, 6) is 0.816. The number of ether oxygens (including phenoxy) is 1. The van der Waals surface area contributed by atoms with Gasteiger partial charge in [-0.05, 0) is 43.2 Å². The molecular weight excluding hydrogens is 489 g/mol. The molecule has 0 saturated heterocycles. The molecule has 0 aliphatic carbocycles. The molecular formula is C26H23Cl2N3O2S. The van der Waals surface area contributed by atoms with Crippen LogP contribution < -0.4 is 5.32 Å². The molecule has 174 valence electrons. The SMILES string of the molecule is C[C@@H](NC(=O)c1nn(-c2ccc(Cl)cc2Cl)c2c1COC/C2=C\C1=CCCS1)c1ccccc1. The lowest BCUT2D eigenvalue weighted by Gasteiger charge is -2.20. The van der Waals surface area contributed by atoms with E-state index >= 15 is 0 Å². The van der Waals surface area contributed by atoms with E-state index in [2.05, 4.69) is 17.5 Å². The lowest BCUT2D eigenvalue weighted by molar-refractivity contribution is 0.0926. The van der Waals surface area contributed by atoms with Gasteiger partial charge in [0.25, 0.3) is 5.91 Å². The molecule has 0 spiro atoms. The number of halogens is 2. The summed E-state index contributed by atoms with van der Waals surface area (Å²) in [6.45, 7) is 2.69. The van der Waals surface area contributed by atoms with Gasteiger partial charge in [-0.1, -0.05) is 59.6 Å². The lowest BCUT2D eigenvalue weighted by Crippen LogP contribution is -2.28. The zero-order valence-corrected chi connectivity index (χ0v) is 20.9. The second-order valence-corrected chi connectivity index (χ2v) is 10.2. The Morgan fingerprint density at radius 1 is 1.21 bits per heavy atom. The predicted molar refractivity (Wildman–Crippen MR) is 139 cm³/mol. The zero-order valence-electron chi connectivity index (χ0n) is 18.6. The fraction of sp³-hybridized carbons (Fsp3) is 0.231. The topological polar surface area (TPSA) is 56.2 Å². The van der Waals surface area contributed by atoms with E-state index in [0.29, 0.717) is 34.6 Å². The largest absolute Gasteiger partial charge is 0.372 e. The van der Waals surface area contributed by atoms with Gasteiger partial charge in [0.05, 0.1) is 35.7 Å². The molecule has 0 bridgehead atoms. The summed E-state index contributed by atoms with van der Waals surface area (Å²) in [5, 5.41) is 8.83. The molecule has 0 fully saturated rings. The van der Waals surface area contributed by atoms with Gasteiger partial charge in [-0.25, -0.2) is 4.68 Å². The standard InChI is InChI=1S/C26H23Cl2N3O2S/c1-16(17-6-3-2-4-7-17)29-26(32)24-21-15-33-14-18(12-20-8-5-11-34-20)25(21)31(30-24)23-10-9-19(27)13-22(23)28/h2-4,6-10,12-13,16H,5,11,14-15H2,1H3,(H,29,32)/b18-12+/t16-/m1/s1. The van der Waals surface area contributed by atoms with Crippen molar-refractivity contribution in [2.45, 2.75) is 26.0 Å². The summed E-state index contributed by atoms with van der Waals surface area (Å²) in [4.78, 5) is 14.6. The number of hydrogen-bond donors (Lipinski definition) is 1. The van der Waals surface area contributed by atoms with E-state index in [-0.39, 0.29) is 11.9 Å². The number of rotatable bonds is 5. The summed E-state index contributed by atoms with van der Waals surface area (Å²) in [7, 11) is 0. The molecule has 2 aromatic carbocycles. The molecule has 1 N–H and O–H groups in total. The first-order chi connectivity index (χ1) is 16.5. The molecule has 2 aliphatic heterocycles. The Kier molecular flexibility index (Phi) is 6.84. The first-order valence-corrected chi connectivity index (χ1v) is 12.8. The molecule has 1 aromatic heterocycles. The molecule has 0 saturated carbocycles. The van der Waals surface area contributed by atoms with Crippen LogP contribution in [0.15, 0.2) is 65.6 Å². The first kappa shape index (κ1) is 23.2. The highest BCUT2D eigenvalue weighted by Gasteiger charge is 2.30. The molecule has 1 amide bonds. The maximum Gasteiger partial charge on any atom is 0.272 e. The molecule has 1 atom stereocenters. The van der Waals surface area contributed by atoms with E-state index in [1.807, 2.05) is 55.1 Å². The van der Waals surface area contributed by atoms with Crippen LogP contribution in [0.3, 0.4) is 0 Å². The maximum atomic E-state index is 13.4. The molecule has 34 heavy (non-hydrogen) atoms. The Morgan fingerprint density at radius 2 is 2.03 bits per heavy atom. The zero-order chi connectivity index (χ0) is 23.7. The van der Waals surface area contributed by atoms with Crippen molar-refractivity contribution in [3.05, 3.63) is 98.1 Å². The number of thioether (sulfide) groups is 1. The van der Waals surface area contributed by atoms with E-state index in [4.69, 9.17) is 33.0 Å². The first-order valence-electron chi connectivity index (χ1n) is 11.1. The number of amides is 1. The van der Waals surface area contributed by atoms with Crippen molar-refractivity contribution in [2.24, 2.45) is 0 Å². The van der Waals surface area contributed by atoms with Crippen LogP contribution >= 0.6 is 35.0 Å². The summed E-state index contributed by atoms with van der Waals surface area (Å²) < 4.78 is 7.66. The van der Waals surface area contributed by atoms with Crippen LogP contribution in [-0.2, 0) is 11.3 Å². The van der Waals surface area contributed by atoms with Crippen molar-refractivity contribution in [1.82, 2.24) is 15.1 Å². The van der Waals surface area contributed by atoms with E-state index in [9.17, 15) is 4.79 Å². The van der Waals surface area contributed by atoms with E-state index < -0.39 is 0 Å². The Balaban J connectivity index is 1.59. The quantitative estimate of drug-likeness (QED) is 0.418. The molecule has 3 aromatic rings. The minimum Gasteiger partial charge on any atom is -0.372 e. The van der Waals surface area contributed by atoms with Gasteiger partial charge in [-0.3, -0.25) is 4.79 Å². The van der Waals surface area contributed by atoms with Crippen molar-refractivity contribution in [3.63, 3.8) is 0 Å². The molecule has 5 nitrogen and oxygen atoms in total. The van der Waals surface area contributed by atoms with Crippen molar-refractivity contribution in [1.29, 1.82) is 0 Å². The molecule has 0 unspecified atom stereocenters. The van der Waals surface area contributed by atoms with Crippen molar-refractivity contribution in [2.75, 3.05) is 12.4 Å². The third kappa shape index (κ3) is 4.68. The van der Waals surface area contributed by atoms with Gasteiger partial charge in [-0.15, -0.1) is 11.8 Å². The summed E-state index contributed by atoms with van der Waals surface area (Å²) in [6, 6.07) is 14.9. The van der Waals surface area contributed by atoms with Crippen molar-refractivity contribution in [3.8, 4) is 5.69 Å². The number of allylic oxidation sites excluding steroid dienone is 2. The van der Waals surface area contributed by atoms with Gasteiger partial charge in [0, 0.05) is 26.8 Å². The number of carbonyl (C=O) groups is 1. The van der Waals surface area contributed by atoms with Crippen molar-refractivity contribution >= 4 is 46.4 Å². The van der Waals surface area contributed by atoms with Crippen LogP contribution in [0.5, 0.6) is 0 Å². The molecule has 0 radical (unpaired) electrons. The molecule has 2 aliphatic rings. The third-order valence-electron chi connectivity index (χ3n) is 5.84. The van der Waals surface area contributed by atoms with Gasteiger partial charge in [-0.2, -0.15) is 5.10 Å². The highest BCUT2D eigenvalue weighted by atomic mass is 35.5. The fourth-order valence-electron chi connectivity index (χ4n) is 4.17. The monoisotopic (exact) mass is 511 g/mol. The molecule has 3 heterocycles. The fourth-order valence-corrected chi connectivity index (χ4v) is 5.59. The Morgan fingerprint density at radius 3 is 2.76 bits per heavy atom. The van der Waals surface area contributed by atoms with Gasteiger partial charge >= 0.3 is 0 Å². The maximum absolute atomic E-state index is 13.4. The summed E-state index contributed by atoms with van der Waals surface area (Å²) in [6.07, 6.45) is 5.40. The van der Waals surface area contributed by atoms with Crippen LogP contribution in [0.4, 0.5) is 0 Å². The smallest absolute Gasteiger partial charge is 0.272 e. The van der Waals surface area contributed by atoms with Crippen LogP contribution in [0.2, 0.25) is 10.0 Å². The Bertz CT molecular complexity index is 1300. The van der Waals surface area contributed by atoms with Gasteiger partial charge < -0.3 is 10.1 Å². The van der Waals surface area contributed by atoms with Crippen molar-refractivity contribution < 1.29 is 9.53 Å². The van der Waals surface area contributed by atoms with E-state index in [0.717, 1.165) is 34.6 Å². The highest BCUT2D eigenvalue weighted by Crippen LogP contribution is 2.36. The highest BCUT2D eigenvalue weighted by molar-refractivity contribution is 8.03. The number of nitrogens with one attached hydrogen (secondary N) is 1. The van der Waals surface area contributed by atoms with Crippen LogP contribution in [-0.4, -0.2) is 28.0 Å². The van der Waals surface area contributed by atoms with E-state index in [1.54, 1.807) is 16.8 Å². The third-order valence-corrected chi connectivity index (χ3v) is 7.44. The predicted octanol–water partition coefficient (Wildman–Crippen LogP) is 6.60. The number of fused-ring (bicyclic) bond motifs is 1. The molecule has 8 heteroatoms. The number of carbonyl (C=O) groups excluding carboxylic acids is 1. The summed E-state index contributed by atoms with van der Waals surface area (Å²) in [5.41, 5.74) is 4.59. The average Bonchev–Trinajstić information content (AvgIpc) is 3.48. The Hall–Kier alpha value is -2.51. The molecule has 5 rings (SSSR count). The van der Waals surface area contributed by atoms with Gasteiger partial charge in [0.15, 0.2) is 5.69 Å². The minimum atomic E-state index is -0.254. The van der Waals surface area contributed by atoms with Crippen LogP contribution in [0, 0.1) is 0 Å². The number of benzene rings is 2. The number of hydrogen-bond acceptors (Lipinski definition) is 4. The van der Waals surface area contributed by atoms with Gasteiger partial charge in [0.2, 0.25) is 0 Å². The number of nitrogens with zero attached hydrogens (tertiary/aromatic N) is 2. The minimum absolute atomic E-state index is 0.173. The average molecular weight is 512 g/mol. The summed E-state index contributed by atoms with van der Waals surface area (Å²) >= 11 is 14.5. The second-order valence-electron chi connectivity index (χ2n) is 8.20. The Labute approximate surface area is 212 Å². The van der Waals surface area contributed by atoms with Gasteiger partial charge in [0.1, 0.15) is 0 Å². The number of aromatic nitrogens is 2. The second kappa shape index (κ2) is 10.0. The van der Waals surface area contributed by atoms with Crippen LogP contribution in [0.25, 0.3) is 11.3 Å². The van der Waals surface area contributed by atoms with E-state index in [1.165, 1.54) is 4.91 Å². The lowest BCUT2D eigenvalue weighted by atomic mass is 10.0.